The lowest BCUT2D eigenvalue weighted by Crippen LogP contribution is -2.46. The van der Waals surface area contributed by atoms with Gasteiger partial charge in [-0.1, -0.05) is 0 Å². The van der Waals surface area contributed by atoms with Crippen LogP contribution in [0.5, 0.6) is 0 Å². The summed E-state index contributed by atoms with van der Waals surface area (Å²) >= 11 is 3.36. The van der Waals surface area contributed by atoms with Crippen LogP contribution in [-0.2, 0) is 4.79 Å². The van der Waals surface area contributed by atoms with Crippen molar-refractivity contribution in [2.24, 2.45) is 5.73 Å². The number of piperazine rings is 1. The van der Waals surface area contributed by atoms with Crippen LogP contribution in [0.1, 0.15) is 16.8 Å². The molecule has 1 fully saturated rings. The van der Waals surface area contributed by atoms with Crippen molar-refractivity contribution >= 4 is 33.5 Å². The quantitative estimate of drug-likeness (QED) is 0.827. The first-order valence-electron chi connectivity index (χ1n) is 6.76. The molecule has 0 aromatic heterocycles. The molecule has 2 rings (SSSR count). The smallest absolute Gasteiger partial charge is 0.304 e. The first-order valence-corrected chi connectivity index (χ1v) is 7.55. The molecule has 21 heavy (non-hydrogen) atoms. The van der Waals surface area contributed by atoms with Crippen molar-refractivity contribution < 1.29 is 14.7 Å². The van der Waals surface area contributed by atoms with Crippen molar-refractivity contribution in [2.75, 3.05) is 37.6 Å². The molecule has 114 valence electrons. The van der Waals surface area contributed by atoms with Crippen LogP contribution in [0.25, 0.3) is 0 Å². The molecule has 0 spiro atoms. The van der Waals surface area contributed by atoms with E-state index in [9.17, 15) is 9.59 Å². The Bertz CT molecular complexity index is 542. The van der Waals surface area contributed by atoms with E-state index >= 15 is 0 Å². The van der Waals surface area contributed by atoms with Gasteiger partial charge < -0.3 is 15.7 Å². The Hall–Kier alpha value is -1.60. The summed E-state index contributed by atoms with van der Waals surface area (Å²) in [5.74, 6) is -1.21. The molecule has 1 amide bonds. The van der Waals surface area contributed by atoms with E-state index in [0.29, 0.717) is 16.6 Å². The number of carbonyl (C=O) groups excluding carboxylic acids is 1. The summed E-state index contributed by atoms with van der Waals surface area (Å²) in [7, 11) is 0. The number of hydrogen-bond donors (Lipinski definition) is 2. The number of carboxylic acid groups (broad SMARTS) is 1. The SMILES string of the molecule is NC(=O)c1ccc(N2CCN(CCC(=O)O)CC2)cc1Br. The number of anilines is 1. The van der Waals surface area contributed by atoms with E-state index in [-0.39, 0.29) is 6.42 Å². The van der Waals surface area contributed by atoms with E-state index in [1.165, 1.54) is 0 Å². The van der Waals surface area contributed by atoms with Crippen LogP contribution in [-0.4, -0.2) is 54.6 Å². The van der Waals surface area contributed by atoms with Gasteiger partial charge >= 0.3 is 5.97 Å². The number of carbonyl (C=O) groups is 2. The molecule has 0 unspecified atom stereocenters. The lowest BCUT2D eigenvalue weighted by Gasteiger charge is -2.36. The van der Waals surface area contributed by atoms with Crippen LogP contribution < -0.4 is 10.6 Å². The summed E-state index contributed by atoms with van der Waals surface area (Å²) in [6, 6.07) is 5.50. The van der Waals surface area contributed by atoms with Crippen molar-refractivity contribution in [3.05, 3.63) is 28.2 Å². The van der Waals surface area contributed by atoms with E-state index in [1.807, 2.05) is 12.1 Å². The van der Waals surface area contributed by atoms with E-state index < -0.39 is 11.9 Å². The van der Waals surface area contributed by atoms with Gasteiger partial charge in [-0.15, -0.1) is 0 Å². The predicted octanol–water partition coefficient (Wildman–Crippen LogP) is 1.14. The first kappa shape index (κ1) is 15.8. The van der Waals surface area contributed by atoms with Gasteiger partial charge in [-0.25, -0.2) is 0 Å². The van der Waals surface area contributed by atoms with Gasteiger partial charge in [0.2, 0.25) is 5.91 Å². The Morgan fingerprint density at radius 2 is 1.90 bits per heavy atom. The third kappa shape index (κ3) is 4.18. The van der Waals surface area contributed by atoms with E-state index in [4.69, 9.17) is 10.8 Å². The number of rotatable bonds is 5. The molecule has 0 radical (unpaired) electrons. The maximum atomic E-state index is 11.2. The number of halogens is 1. The summed E-state index contributed by atoms with van der Waals surface area (Å²) in [4.78, 5) is 26.1. The maximum Gasteiger partial charge on any atom is 0.304 e. The molecule has 1 aromatic carbocycles. The summed E-state index contributed by atoms with van der Waals surface area (Å²) in [5.41, 5.74) is 6.79. The molecule has 0 aliphatic carbocycles. The molecule has 1 aromatic rings. The highest BCUT2D eigenvalue weighted by molar-refractivity contribution is 9.10. The summed E-state index contributed by atoms with van der Waals surface area (Å²) < 4.78 is 0.695. The Balaban J connectivity index is 1.94. The largest absolute Gasteiger partial charge is 0.481 e. The highest BCUT2D eigenvalue weighted by Gasteiger charge is 2.18. The Kier molecular flexibility index (Phi) is 5.19. The average Bonchev–Trinajstić information content (AvgIpc) is 2.45. The van der Waals surface area contributed by atoms with Gasteiger partial charge in [-0.2, -0.15) is 0 Å². The monoisotopic (exact) mass is 355 g/mol. The molecular formula is C14H18BrN3O3. The van der Waals surface area contributed by atoms with Crippen LogP contribution in [0.15, 0.2) is 22.7 Å². The molecule has 1 saturated heterocycles. The standard InChI is InChI=1S/C14H18BrN3O3/c15-12-9-10(1-2-11(12)14(16)21)18-7-5-17(6-8-18)4-3-13(19)20/h1-2,9H,3-8H2,(H2,16,21)(H,19,20). The zero-order valence-corrected chi connectivity index (χ0v) is 13.2. The van der Waals surface area contributed by atoms with Gasteiger partial charge in [0.1, 0.15) is 0 Å². The Morgan fingerprint density at radius 3 is 2.43 bits per heavy atom. The van der Waals surface area contributed by atoms with Crippen molar-refractivity contribution in [1.82, 2.24) is 4.90 Å². The average molecular weight is 356 g/mol. The van der Waals surface area contributed by atoms with Crippen LogP contribution >= 0.6 is 15.9 Å². The van der Waals surface area contributed by atoms with Gasteiger partial charge in [-0.3, -0.25) is 14.5 Å². The molecule has 1 aliphatic rings. The fraction of sp³-hybridized carbons (Fsp3) is 0.429. The summed E-state index contributed by atoms with van der Waals surface area (Å²) in [5, 5.41) is 8.70. The molecule has 0 atom stereocenters. The third-order valence-corrected chi connectivity index (χ3v) is 4.25. The highest BCUT2D eigenvalue weighted by atomic mass is 79.9. The lowest BCUT2D eigenvalue weighted by atomic mass is 10.1. The number of benzene rings is 1. The van der Waals surface area contributed by atoms with Crippen molar-refractivity contribution in [3.63, 3.8) is 0 Å². The van der Waals surface area contributed by atoms with Crippen molar-refractivity contribution in [3.8, 4) is 0 Å². The molecular weight excluding hydrogens is 338 g/mol. The fourth-order valence-electron chi connectivity index (χ4n) is 2.38. The van der Waals surface area contributed by atoms with Gasteiger partial charge in [0.05, 0.1) is 12.0 Å². The number of hydrogen-bond acceptors (Lipinski definition) is 4. The normalized spacial score (nSPS) is 16.0. The van der Waals surface area contributed by atoms with E-state index in [0.717, 1.165) is 31.9 Å². The van der Waals surface area contributed by atoms with Gasteiger partial charge in [0.25, 0.3) is 0 Å². The second kappa shape index (κ2) is 6.91. The Morgan fingerprint density at radius 1 is 1.24 bits per heavy atom. The van der Waals surface area contributed by atoms with Gasteiger partial charge in [0, 0.05) is 42.9 Å². The molecule has 0 saturated carbocycles. The summed E-state index contributed by atoms with van der Waals surface area (Å²) in [6.45, 7) is 3.93. The first-order chi connectivity index (χ1) is 9.97. The van der Waals surface area contributed by atoms with Crippen molar-refractivity contribution in [2.45, 2.75) is 6.42 Å². The van der Waals surface area contributed by atoms with Crippen LogP contribution in [0.4, 0.5) is 5.69 Å². The molecule has 6 nitrogen and oxygen atoms in total. The summed E-state index contributed by atoms with van der Waals surface area (Å²) in [6.07, 6.45) is 0.179. The predicted molar refractivity (Wildman–Crippen MR) is 83.6 cm³/mol. The molecule has 0 bridgehead atoms. The van der Waals surface area contributed by atoms with Crippen LogP contribution in [0, 0.1) is 0 Å². The third-order valence-electron chi connectivity index (χ3n) is 3.60. The number of aliphatic carboxylic acids is 1. The number of amides is 1. The minimum atomic E-state index is -0.761. The van der Waals surface area contributed by atoms with Gasteiger partial charge in [0.15, 0.2) is 0 Å². The van der Waals surface area contributed by atoms with E-state index in [1.54, 1.807) is 6.07 Å². The second-order valence-corrected chi connectivity index (χ2v) is 5.86. The zero-order chi connectivity index (χ0) is 15.4. The number of carboxylic acids is 1. The molecule has 7 heteroatoms. The minimum Gasteiger partial charge on any atom is -0.481 e. The maximum absolute atomic E-state index is 11.2. The molecule has 1 aliphatic heterocycles. The number of primary amides is 1. The molecule has 1 heterocycles. The topological polar surface area (TPSA) is 86.9 Å². The fourth-order valence-corrected chi connectivity index (χ4v) is 2.95. The number of nitrogens with two attached hydrogens (primary N) is 1. The van der Waals surface area contributed by atoms with Gasteiger partial charge in [-0.05, 0) is 34.1 Å². The van der Waals surface area contributed by atoms with Crippen LogP contribution in [0.2, 0.25) is 0 Å². The Labute approximate surface area is 131 Å². The second-order valence-electron chi connectivity index (χ2n) is 5.00. The van der Waals surface area contributed by atoms with Crippen LogP contribution in [0.3, 0.4) is 0 Å². The molecule has 3 N–H and O–H groups in total. The van der Waals surface area contributed by atoms with E-state index in [2.05, 4.69) is 25.7 Å². The van der Waals surface area contributed by atoms with Crippen molar-refractivity contribution in [1.29, 1.82) is 0 Å². The minimum absolute atomic E-state index is 0.179. The number of nitrogens with zero attached hydrogens (tertiary/aromatic N) is 2. The lowest BCUT2D eigenvalue weighted by molar-refractivity contribution is -0.137. The highest BCUT2D eigenvalue weighted by Crippen LogP contribution is 2.24. The zero-order valence-electron chi connectivity index (χ0n) is 11.6.